The van der Waals surface area contributed by atoms with Gasteiger partial charge in [0.15, 0.2) is 0 Å². The molecule has 50 heavy (non-hydrogen) atoms. The zero-order valence-electron chi connectivity index (χ0n) is 27.6. The topological polar surface area (TPSA) is 173 Å². The molecule has 1 unspecified atom stereocenters. The predicted octanol–water partition coefficient (Wildman–Crippen LogP) is 4.89. The first-order valence-electron chi connectivity index (χ1n) is 16.3. The van der Waals surface area contributed by atoms with Gasteiger partial charge in [0.2, 0.25) is 11.8 Å². The number of rotatable bonds is 12. The molecule has 1 aliphatic rings. The molecule has 3 amide bonds. The summed E-state index contributed by atoms with van der Waals surface area (Å²) in [7, 11) is 0. The number of carbonyl (C=O) groups is 3. The Morgan fingerprint density at radius 1 is 0.780 bits per heavy atom. The number of nitrogens with one attached hydrogen (secondary N) is 6. The molecule has 254 valence electrons. The molecule has 0 saturated carbocycles. The Labute approximate surface area is 289 Å². The second-order valence-electron chi connectivity index (χ2n) is 12.1. The first kappa shape index (κ1) is 33.5. The summed E-state index contributed by atoms with van der Waals surface area (Å²) in [5, 5.41) is 24.2. The van der Waals surface area contributed by atoms with Gasteiger partial charge in [-0.25, -0.2) is 9.78 Å². The molecule has 3 aromatic carbocycles. The van der Waals surface area contributed by atoms with E-state index in [1.54, 1.807) is 42.7 Å². The van der Waals surface area contributed by atoms with Crippen molar-refractivity contribution in [1.82, 2.24) is 41.5 Å². The van der Waals surface area contributed by atoms with Crippen molar-refractivity contribution < 1.29 is 19.5 Å². The van der Waals surface area contributed by atoms with Crippen molar-refractivity contribution in [2.45, 2.75) is 44.6 Å². The molecular weight excluding hydrogens is 632 g/mol. The highest BCUT2D eigenvalue weighted by atomic mass is 16.4. The van der Waals surface area contributed by atoms with Crippen molar-refractivity contribution in [1.29, 1.82) is 0 Å². The fourth-order valence-electron chi connectivity index (χ4n) is 5.71. The first-order chi connectivity index (χ1) is 24.2. The molecular formula is C38H38N8O4. The van der Waals surface area contributed by atoms with E-state index >= 15 is 0 Å². The fraction of sp³-hybridized carbons (Fsp3) is 0.184. The van der Waals surface area contributed by atoms with Crippen molar-refractivity contribution >= 4 is 23.6 Å². The highest BCUT2D eigenvalue weighted by Crippen LogP contribution is 2.25. The molecule has 12 heteroatoms. The van der Waals surface area contributed by atoms with Gasteiger partial charge in [-0.05, 0) is 42.7 Å². The van der Waals surface area contributed by atoms with E-state index < -0.39 is 18.0 Å². The number of aromatic nitrogens is 3. The van der Waals surface area contributed by atoms with Gasteiger partial charge >= 0.3 is 6.09 Å². The molecule has 4 atom stereocenters. The van der Waals surface area contributed by atoms with Gasteiger partial charge in [-0.1, -0.05) is 84.9 Å². The van der Waals surface area contributed by atoms with Crippen molar-refractivity contribution in [3.8, 4) is 22.5 Å². The lowest BCUT2D eigenvalue weighted by Gasteiger charge is -2.25. The lowest BCUT2D eigenvalue weighted by Crippen LogP contribution is -2.53. The van der Waals surface area contributed by atoms with E-state index in [0.29, 0.717) is 17.8 Å². The van der Waals surface area contributed by atoms with Crippen LogP contribution in [0.5, 0.6) is 0 Å². The van der Waals surface area contributed by atoms with Gasteiger partial charge in [0.05, 0.1) is 41.8 Å². The summed E-state index contributed by atoms with van der Waals surface area (Å²) >= 11 is 0. The average molecular weight is 671 g/mol. The fourth-order valence-corrected chi connectivity index (χ4v) is 5.71. The average Bonchev–Trinajstić information content (AvgIpc) is 3.83. The molecule has 6 rings (SSSR count). The Morgan fingerprint density at radius 2 is 1.46 bits per heavy atom. The van der Waals surface area contributed by atoms with Crippen LogP contribution in [-0.2, 0) is 16.0 Å². The highest BCUT2D eigenvalue weighted by molar-refractivity contribution is 5.87. The van der Waals surface area contributed by atoms with Crippen molar-refractivity contribution in [3.05, 3.63) is 138 Å². The van der Waals surface area contributed by atoms with Crippen LogP contribution in [0.3, 0.4) is 0 Å². The molecule has 7 N–H and O–H groups in total. The minimum Gasteiger partial charge on any atom is -0.465 e. The Hall–Kier alpha value is -6.43. The number of aromatic amines is 1. The molecule has 1 aliphatic heterocycles. The van der Waals surface area contributed by atoms with Crippen LogP contribution in [0.15, 0.2) is 116 Å². The smallest absolute Gasteiger partial charge is 0.405 e. The Morgan fingerprint density at radius 3 is 2.14 bits per heavy atom. The number of benzene rings is 3. The number of amides is 3. The number of H-pyrrole nitrogens is 1. The summed E-state index contributed by atoms with van der Waals surface area (Å²) in [6.45, 7) is 3.74. The van der Waals surface area contributed by atoms with Crippen molar-refractivity contribution in [2.75, 3.05) is 0 Å². The number of carboxylic acid groups (broad SMARTS) is 1. The van der Waals surface area contributed by atoms with Gasteiger partial charge in [0.1, 0.15) is 18.0 Å². The number of hydrogen-bond acceptors (Lipinski definition) is 7. The van der Waals surface area contributed by atoms with E-state index in [4.69, 9.17) is 0 Å². The summed E-state index contributed by atoms with van der Waals surface area (Å²) in [5.74, 6) is 0.144. The number of nitrogens with zero attached hydrogens (tertiary/aromatic N) is 2. The summed E-state index contributed by atoms with van der Waals surface area (Å²) in [4.78, 5) is 49.4. The minimum atomic E-state index is -1.28. The normalized spacial score (nSPS) is 15.4. The SMILES string of the molecule is C[C@H](NC(=O)Cc1ccccc1)c1ncc(-c2ccc(-c3ccc(C4=CNC([C@H](C)NC(=O)[C@H](NC(=O)O)c5ccccc5)N4)cc3)nc2)[nH]1. The zero-order chi connectivity index (χ0) is 35.0. The van der Waals surface area contributed by atoms with Crippen LogP contribution in [0.1, 0.15) is 48.4 Å². The Balaban J connectivity index is 1.02. The molecule has 0 fully saturated rings. The van der Waals surface area contributed by atoms with Crippen molar-refractivity contribution in [2.24, 2.45) is 0 Å². The standard InChI is InChI=1S/C38H38N8O4/c1-23(42-33(47)19-25-9-5-3-6-10-25)35-41-22-32(45-35)29-17-18-30(39-20-29)26-13-15-27(16-14-26)31-21-40-36(44-31)24(2)43-37(48)34(46-38(49)50)28-11-7-4-8-12-28/h3-18,20-24,34,36,40,44,46H,19H2,1-2H3,(H,41,45)(H,42,47)(H,43,48)(H,49,50)/t23-,24-,34+,36?/m0/s1. The Bertz CT molecular complexity index is 1960. The first-order valence-corrected chi connectivity index (χ1v) is 16.3. The van der Waals surface area contributed by atoms with Gasteiger partial charge in [-0.3, -0.25) is 14.6 Å². The largest absolute Gasteiger partial charge is 0.465 e. The third-order valence-corrected chi connectivity index (χ3v) is 8.41. The minimum absolute atomic E-state index is 0.0715. The van der Waals surface area contributed by atoms with E-state index in [-0.39, 0.29) is 24.2 Å². The monoisotopic (exact) mass is 670 g/mol. The molecule has 0 spiro atoms. The molecule has 0 aliphatic carbocycles. The van der Waals surface area contributed by atoms with Crippen LogP contribution in [0.25, 0.3) is 28.2 Å². The number of imidazole rings is 1. The molecule has 3 heterocycles. The summed E-state index contributed by atoms with van der Waals surface area (Å²) in [6, 6.07) is 28.6. The number of hydrogen-bond donors (Lipinski definition) is 7. The van der Waals surface area contributed by atoms with E-state index in [1.165, 1.54) is 0 Å². The maximum Gasteiger partial charge on any atom is 0.405 e. The molecule has 0 saturated heterocycles. The second-order valence-corrected chi connectivity index (χ2v) is 12.1. The van der Waals surface area contributed by atoms with Gasteiger partial charge in [-0.15, -0.1) is 0 Å². The van der Waals surface area contributed by atoms with Gasteiger partial charge in [0.25, 0.3) is 0 Å². The summed E-state index contributed by atoms with van der Waals surface area (Å²) < 4.78 is 0. The Kier molecular flexibility index (Phi) is 10.2. The van der Waals surface area contributed by atoms with E-state index in [0.717, 1.165) is 39.3 Å². The van der Waals surface area contributed by atoms with E-state index in [1.807, 2.05) is 86.8 Å². The second kappa shape index (κ2) is 15.2. The van der Waals surface area contributed by atoms with Crippen LogP contribution in [0.2, 0.25) is 0 Å². The summed E-state index contributed by atoms with van der Waals surface area (Å²) in [5.41, 5.74) is 6.75. The molecule has 12 nitrogen and oxygen atoms in total. The molecule has 5 aromatic rings. The lowest BCUT2D eigenvalue weighted by molar-refractivity contribution is -0.124. The molecule has 0 bridgehead atoms. The van der Waals surface area contributed by atoms with Crippen LogP contribution in [-0.4, -0.2) is 50.2 Å². The molecule has 0 radical (unpaired) electrons. The van der Waals surface area contributed by atoms with Crippen LogP contribution >= 0.6 is 0 Å². The zero-order valence-corrected chi connectivity index (χ0v) is 27.6. The van der Waals surface area contributed by atoms with E-state index in [9.17, 15) is 19.5 Å². The summed E-state index contributed by atoms with van der Waals surface area (Å²) in [6.07, 6.45) is 4.11. The maximum atomic E-state index is 13.1. The van der Waals surface area contributed by atoms with E-state index in [2.05, 4.69) is 41.5 Å². The number of pyridine rings is 1. The van der Waals surface area contributed by atoms with Crippen LogP contribution in [0, 0.1) is 0 Å². The molecule has 2 aromatic heterocycles. The van der Waals surface area contributed by atoms with Crippen molar-refractivity contribution in [3.63, 3.8) is 0 Å². The van der Waals surface area contributed by atoms with Gasteiger partial charge in [-0.2, -0.15) is 0 Å². The maximum absolute atomic E-state index is 13.1. The quantitative estimate of drug-likeness (QED) is 0.0983. The highest BCUT2D eigenvalue weighted by Gasteiger charge is 2.28. The lowest BCUT2D eigenvalue weighted by atomic mass is 10.1. The predicted molar refractivity (Wildman–Crippen MR) is 190 cm³/mol. The van der Waals surface area contributed by atoms with Crippen LogP contribution in [0.4, 0.5) is 4.79 Å². The van der Waals surface area contributed by atoms with Gasteiger partial charge in [0, 0.05) is 23.5 Å². The number of carbonyl (C=O) groups excluding carboxylic acids is 2. The third kappa shape index (κ3) is 8.16. The van der Waals surface area contributed by atoms with Gasteiger partial charge < -0.3 is 36.7 Å². The third-order valence-electron chi connectivity index (χ3n) is 8.41. The van der Waals surface area contributed by atoms with Crippen LogP contribution < -0.4 is 26.6 Å².